The van der Waals surface area contributed by atoms with Crippen molar-refractivity contribution in [2.45, 2.75) is 17.2 Å². The van der Waals surface area contributed by atoms with E-state index in [1.54, 1.807) is 6.07 Å². The van der Waals surface area contributed by atoms with Gasteiger partial charge in [0, 0.05) is 13.1 Å². The predicted molar refractivity (Wildman–Crippen MR) is 75.4 cm³/mol. The van der Waals surface area contributed by atoms with Gasteiger partial charge in [-0.2, -0.15) is 0 Å². The standard InChI is InChI=1S/C11H21N3O2S2/c1-12-8-10-7-11(17-9-10)18(15,16)13-5-4-6-14(2)3/h7,9,12-13H,4-6,8H2,1-3H3. The summed E-state index contributed by atoms with van der Waals surface area (Å²) in [7, 11) is 2.45. The van der Waals surface area contributed by atoms with Crippen LogP contribution in [0.2, 0.25) is 0 Å². The molecular weight excluding hydrogens is 270 g/mol. The minimum atomic E-state index is -3.33. The highest BCUT2D eigenvalue weighted by Crippen LogP contribution is 2.19. The van der Waals surface area contributed by atoms with Crippen LogP contribution in [0.5, 0.6) is 0 Å². The van der Waals surface area contributed by atoms with E-state index in [1.807, 2.05) is 31.4 Å². The molecule has 18 heavy (non-hydrogen) atoms. The molecule has 1 aromatic rings. The third-order valence-electron chi connectivity index (χ3n) is 2.35. The van der Waals surface area contributed by atoms with Crippen molar-refractivity contribution in [3.63, 3.8) is 0 Å². The summed E-state index contributed by atoms with van der Waals surface area (Å²) in [4.78, 5) is 2.03. The van der Waals surface area contributed by atoms with Crippen LogP contribution in [-0.2, 0) is 16.6 Å². The molecule has 0 aliphatic carbocycles. The van der Waals surface area contributed by atoms with Gasteiger partial charge >= 0.3 is 0 Å². The van der Waals surface area contributed by atoms with Crippen molar-refractivity contribution in [1.29, 1.82) is 0 Å². The molecule has 7 heteroatoms. The third kappa shape index (κ3) is 5.03. The molecule has 0 aromatic carbocycles. The highest BCUT2D eigenvalue weighted by Gasteiger charge is 2.15. The molecule has 0 saturated carbocycles. The monoisotopic (exact) mass is 291 g/mol. The van der Waals surface area contributed by atoms with Crippen LogP contribution >= 0.6 is 11.3 Å². The first-order valence-corrected chi connectivity index (χ1v) is 8.18. The lowest BCUT2D eigenvalue weighted by atomic mass is 10.3. The van der Waals surface area contributed by atoms with E-state index in [9.17, 15) is 8.42 Å². The van der Waals surface area contributed by atoms with Crippen molar-refractivity contribution in [1.82, 2.24) is 14.9 Å². The number of thiophene rings is 1. The Kier molecular flexibility index (Phi) is 6.24. The van der Waals surface area contributed by atoms with E-state index >= 15 is 0 Å². The van der Waals surface area contributed by atoms with Gasteiger partial charge in [0.1, 0.15) is 4.21 Å². The Labute approximate surface area is 113 Å². The molecule has 0 saturated heterocycles. The minimum absolute atomic E-state index is 0.387. The molecule has 5 nitrogen and oxygen atoms in total. The molecule has 1 heterocycles. The third-order valence-corrected chi connectivity index (χ3v) is 5.30. The smallest absolute Gasteiger partial charge is 0.250 e. The zero-order valence-electron chi connectivity index (χ0n) is 11.1. The minimum Gasteiger partial charge on any atom is -0.316 e. The van der Waals surface area contributed by atoms with Gasteiger partial charge in [0.2, 0.25) is 10.0 Å². The number of nitrogens with zero attached hydrogens (tertiary/aromatic N) is 1. The summed E-state index contributed by atoms with van der Waals surface area (Å²) in [6, 6.07) is 1.72. The molecule has 0 aliphatic rings. The van der Waals surface area contributed by atoms with Crippen molar-refractivity contribution in [3.8, 4) is 0 Å². The van der Waals surface area contributed by atoms with Gasteiger partial charge in [-0.05, 0) is 51.1 Å². The van der Waals surface area contributed by atoms with Crippen LogP contribution in [0, 0.1) is 0 Å². The number of nitrogens with one attached hydrogen (secondary N) is 2. The fourth-order valence-electron chi connectivity index (χ4n) is 1.46. The maximum atomic E-state index is 12.0. The van der Waals surface area contributed by atoms with Crippen LogP contribution < -0.4 is 10.0 Å². The number of hydrogen-bond donors (Lipinski definition) is 2. The molecule has 1 aromatic heterocycles. The summed E-state index contributed by atoms with van der Waals surface area (Å²) in [5.74, 6) is 0. The van der Waals surface area contributed by atoms with Crippen molar-refractivity contribution in [2.75, 3.05) is 34.2 Å². The lowest BCUT2D eigenvalue weighted by Gasteiger charge is -2.09. The molecule has 0 radical (unpaired) electrons. The van der Waals surface area contributed by atoms with Crippen molar-refractivity contribution < 1.29 is 8.42 Å². The summed E-state index contributed by atoms with van der Waals surface area (Å²) in [5.41, 5.74) is 0.996. The normalized spacial score (nSPS) is 12.2. The second-order valence-corrected chi connectivity index (χ2v) is 7.26. The van der Waals surface area contributed by atoms with Crippen LogP contribution in [0.15, 0.2) is 15.7 Å². The van der Waals surface area contributed by atoms with Gasteiger partial charge in [-0.15, -0.1) is 11.3 Å². The second kappa shape index (κ2) is 7.20. The van der Waals surface area contributed by atoms with Gasteiger partial charge < -0.3 is 10.2 Å². The van der Waals surface area contributed by atoms with Gasteiger partial charge in [-0.3, -0.25) is 0 Å². The van der Waals surface area contributed by atoms with Gasteiger partial charge in [-0.25, -0.2) is 13.1 Å². The topological polar surface area (TPSA) is 61.4 Å². The molecule has 104 valence electrons. The Balaban J connectivity index is 2.51. The van der Waals surface area contributed by atoms with E-state index in [2.05, 4.69) is 10.0 Å². The molecule has 1 rings (SSSR count). The zero-order valence-corrected chi connectivity index (χ0v) is 12.7. The molecule has 0 unspecified atom stereocenters. The quantitative estimate of drug-likeness (QED) is 0.692. The van der Waals surface area contributed by atoms with Gasteiger partial charge in [0.05, 0.1) is 0 Å². The van der Waals surface area contributed by atoms with E-state index in [1.165, 1.54) is 11.3 Å². The molecular formula is C11H21N3O2S2. The second-order valence-electron chi connectivity index (χ2n) is 4.36. The highest BCUT2D eigenvalue weighted by molar-refractivity contribution is 7.91. The van der Waals surface area contributed by atoms with Gasteiger partial charge in [-0.1, -0.05) is 0 Å². The number of sulfonamides is 1. The SMILES string of the molecule is CNCc1csc(S(=O)(=O)NCCCN(C)C)c1. The van der Waals surface area contributed by atoms with Crippen molar-refractivity contribution in [2.24, 2.45) is 0 Å². The van der Waals surface area contributed by atoms with Crippen molar-refractivity contribution in [3.05, 3.63) is 17.0 Å². The predicted octanol–water partition coefficient (Wildman–Crippen LogP) is 0.698. The fraction of sp³-hybridized carbons (Fsp3) is 0.636. The number of rotatable bonds is 8. The average Bonchev–Trinajstić information content (AvgIpc) is 2.74. The maximum absolute atomic E-state index is 12.0. The molecule has 0 spiro atoms. The summed E-state index contributed by atoms with van der Waals surface area (Å²) < 4.78 is 26.9. The van der Waals surface area contributed by atoms with E-state index < -0.39 is 10.0 Å². The van der Waals surface area contributed by atoms with Crippen LogP contribution in [0.1, 0.15) is 12.0 Å². The molecule has 0 bridgehead atoms. The summed E-state index contributed by atoms with van der Waals surface area (Å²) >= 11 is 1.26. The summed E-state index contributed by atoms with van der Waals surface area (Å²) in [5, 5.41) is 4.87. The summed E-state index contributed by atoms with van der Waals surface area (Å²) in [6.45, 7) is 2.03. The van der Waals surface area contributed by atoms with Gasteiger partial charge in [0.15, 0.2) is 0 Å². The molecule has 0 amide bonds. The highest BCUT2D eigenvalue weighted by atomic mass is 32.2. The molecule has 0 fully saturated rings. The summed E-state index contributed by atoms with van der Waals surface area (Å²) in [6.07, 6.45) is 0.807. The number of hydrogen-bond acceptors (Lipinski definition) is 5. The molecule has 2 N–H and O–H groups in total. The average molecular weight is 291 g/mol. The Morgan fingerprint density at radius 3 is 2.72 bits per heavy atom. The van der Waals surface area contributed by atoms with Crippen LogP contribution in [-0.4, -0.2) is 47.6 Å². The first-order chi connectivity index (χ1) is 8.45. The Morgan fingerprint density at radius 2 is 2.11 bits per heavy atom. The zero-order chi connectivity index (χ0) is 13.6. The van der Waals surface area contributed by atoms with Crippen LogP contribution in [0.3, 0.4) is 0 Å². The maximum Gasteiger partial charge on any atom is 0.250 e. The van der Waals surface area contributed by atoms with Crippen LogP contribution in [0.25, 0.3) is 0 Å². The first-order valence-electron chi connectivity index (χ1n) is 5.82. The van der Waals surface area contributed by atoms with E-state index in [4.69, 9.17) is 0 Å². The fourth-order valence-corrected chi connectivity index (χ4v) is 3.79. The van der Waals surface area contributed by atoms with Crippen LogP contribution in [0.4, 0.5) is 0 Å². The molecule has 0 atom stereocenters. The molecule has 0 aliphatic heterocycles. The van der Waals surface area contributed by atoms with E-state index in [0.717, 1.165) is 18.5 Å². The van der Waals surface area contributed by atoms with Crippen molar-refractivity contribution >= 4 is 21.4 Å². The Hall–Kier alpha value is -0.470. The lowest BCUT2D eigenvalue weighted by Crippen LogP contribution is -2.26. The Bertz CT molecular complexity index is 455. The largest absolute Gasteiger partial charge is 0.316 e. The van der Waals surface area contributed by atoms with Gasteiger partial charge in [0.25, 0.3) is 0 Å². The first kappa shape index (κ1) is 15.6. The van der Waals surface area contributed by atoms with E-state index in [-0.39, 0.29) is 0 Å². The lowest BCUT2D eigenvalue weighted by molar-refractivity contribution is 0.400. The Morgan fingerprint density at radius 1 is 1.39 bits per heavy atom. The van der Waals surface area contributed by atoms with E-state index in [0.29, 0.717) is 17.3 Å².